The number of rotatable bonds is 8. The molecule has 4 heteroatoms. The molecule has 2 heterocycles. The lowest BCUT2D eigenvalue weighted by Gasteiger charge is -2.14. The zero-order chi connectivity index (χ0) is 17.5. The smallest absolute Gasteiger partial charge is 0.206 e. The predicted octanol–water partition coefficient (Wildman–Crippen LogP) is 2.18. The quantitative estimate of drug-likeness (QED) is 0.698. The van der Waals surface area contributed by atoms with Crippen LogP contribution >= 0.6 is 0 Å². The van der Waals surface area contributed by atoms with Crippen LogP contribution in [0.4, 0.5) is 0 Å². The van der Waals surface area contributed by atoms with Crippen molar-refractivity contribution < 1.29 is 18.7 Å². The first kappa shape index (κ1) is 18.0. The Morgan fingerprint density at radius 3 is 1.75 bits per heavy atom. The molecule has 0 spiro atoms. The van der Waals surface area contributed by atoms with Crippen LogP contribution in [0.1, 0.15) is 44.2 Å². The Hall–Kier alpha value is -2.36. The van der Waals surface area contributed by atoms with Gasteiger partial charge in [0, 0.05) is 38.1 Å². The normalized spacial score (nSPS) is 12.0. The van der Waals surface area contributed by atoms with Gasteiger partial charge in [-0.2, -0.15) is 9.13 Å². The highest BCUT2D eigenvalue weighted by Gasteiger charge is 2.14. The topological polar surface area (TPSA) is 41.9 Å². The largest absolute Gasteiger partial charge is 0.293 e. The third-order valence-electron chi connectivity index (χ3n) is 4.13. The van der Waals surface area contributed by atoms with Crippen LogP contribution in [0.15, 0.2) is 49.1 Å². The summed E-state index contributed by atoms with van der Waals surface area (Å²) in [6, 6.07) is 8.39. The molecule has 0 amide bonds. The summed E-state index contributed by atoms with van der Waals surface area (Å²) in [7, 11) is 0. The van der Waals surface area contributed by atoms with Crippen LogP contribution in [0.2, 0.25) is 0 Å². The number of carbonyl (C=O) groups excluding carboxylic acids is 2. The number of carbonyl (C=O) groups is 2. The Balaban J connectivity index is 2.05. The third-order valence-corrected chi connectivity index (χ3v) is 4.13. The zero-order valence-corrected chi connectivity index (χ0v) is 14.7. The zero-order valence-electron chi connectivity index (χ0n) is 14.7. The third kappa shape index (κ3) is 5.37. The second-order valence-electron chi connectivity index (χ2n) is 6.40. The fourth-order valence-electron chi connectivity index (χ4n) is 2.87. The van der Waals surface area contributed by atoms with Crippen molar-refractivity contribution in [2.24, 2.45) is 0 Å². The SMILES string of the molecule is CCC(Cc1cc[n+](CC(C)=O)cc1)c1cc[n+](CC(C)=O)cc1. The number of hydrogen-bond acceptors (Lipinski definition) is 2. The van der Waals surface area contributed by atoms with Gasteiger partial charge in [0.1, 0.15) is 0 Å². The molecule has 1 atom stereocenters. The lowest BCUT2D eigenvalue weighted by Crippen LogP contribution is -2.36. The Labute approximate surface area is 143 Å². The van der Waals surface area contributed by atoms with Gasteiger partial charge in [0.05, 0.1) is 0 Å². The molecule has 24 heavy (non-hydrogen) atoms. The molecule has 4 nitrogen and oxygen atoms in total. The highest BCUT2D eigenvalue weighted by molar-refractivity contribution is 5.74. The predicted molar refractivity (Wildman–Crippen MR) is 91.4 cm³/mol. The van der Waals surface area contributed by atoms with Crippen molar-refractivity contribution in [3.05, 3.63) is 60.2 Å². The van der Waals surface area contributed by atoms with Crippen molar-refractivity contribution in [1.82, 2.24) is 0 Å². The average molecular weight is 326 g/mol. The van der Waals surface area contributed by atoms with Crippen LogP contribution in [-0.4, -0.2) is 11.6 Å². The van der Waals surface area contributed by atoms with E-state index in [0.717, 1.165) is 12.8 Å². The molecule has 126 valence electrons. The van der Waals surface area contributed by atoms with E-state index in [0.29, 0.717) is 19.0 Å². The Morgan fingerprint density at radius 1 is 0.875 bits per heavy atom. The van der Waals surface area contributed by atoms with E-state index in [2.05, 4.69) is 31.2 Å². The molecule has 0 saturated carbocycles. The van der Waals surface area contributed by atoms with E-state index in [4.69, 9.17) is 0 Å². The highest BCUT2D eigenvalue weighted by atomic mass is 16.1. The molecule has 0 fully saturated rings. The highest BCUT2D eigenvalue weighted by Crippen LogP contribution is 2.23. The minimum absolute atomic E-state index is 0.155. The van der Waals surface area contributed by atoms with Gasteiger partial charge in [-0.15, -0.1) is 0 Å². The Bertz CT molecular complexity index is 691. The van der Waals surface area contributed by atoms with Gasteiger partial charge in [-0.3, -0.25) is 9.59 Å². The van der Waals surface area contributed by atoms with E-state index in [1.54, 1.807) is 13.8 Å². The number of pyridine rings is 2. The molecule has 0 saturated heterocycles. The first-order valence-electron chi connectivity index (χ1n) is 8.43. The van der Waals surface area contributed by atoms with Crippen molar-refractivity contribution in [2.75, 3.05) is 0 Å². The standard InChI is InChI=1S/C20H26N2O2/c1-4-19(20-7-11-22(12-8-20)15-17(3)24)13-18-5-9-21(10-6-18)14-16(2)23/h5-12,19H,4,13-15H2,1-3H3/q+2. The van der Waals surface area contributed by atoms with Crippen molar-refractivity contribution in [3.63, 3.8) is 0 Å². The Kier molecular flexibility index (Phi) is 6.36. The van der Waals surface area contributed by atoms with Gasteiger partial charge in [-0.25, -0.2) is 0 Å². The van der Waals surface area contributed by atoms with Crippen LogP contribution < -0.4 is 9.13 Å². The van der Waals surface area contributed by atoms with E-state index in [1.165, 1.54) is 11.1 Å². The molecule has 0 bridgehead atoms. The monoisotopic (exact) mass is 326 g/mol. The number of nitrogens with zero attached hydrogens (tertiary/aromatic N) is 2. The van der Waals surface area contributed by atoms with E-state index in [1.807, 2.05) is 33.9 Å². The van der Waals surface area contributed by atoms with Crippen molar-refractivity contribution in [1.29, 1.82) is 0 Å². The summed E-state index contributed by atoms with van der Waals surface area (Å²) < 4.78 is 3.81. The molecule has 0 aliphatic carbocycles. The fourth-order valence-corrected chi connectivity index (χ4v) is 2.87. The van der Waals surface area contributed by atoms with Crippen LogP contribution in [0.25, 0.3) is 0 Å². The second kappa shape index (κ2) is 8.48. The number of ketones is 2. The summed E-state index contributed by atoms with van der Waals surface area (Å²) in [5, 5.41) is 0. The van der Waals surface area contributed by atoms with Crippen LogP contribution in [0, 0.1) is 0 Å². The molecule has 0 aliphatic heterocycles. The molecule has 0 aromatic carbocycles. The first-order chi connectivity index (χ1) is 11.5. The molecule has 0 radical (unpaired) electrons. The first-order valence-corrected chi connectivity index (χ1v) is 8.43. The van der Waals surface area contributed by atoms with Gasteiger partial charge in [0.15, 0.2) is 36.4 Å². The molecule has 2 aromatic rings. The summed E-state index contributed by atoms with van der Waals surface area (Å²) in [6.45, 7) is 6.24. The molecule has 0 aliphatic rings. The molecule has 1 unspecified atom stereocenters. The maximum atomic E-state index is 11.2. The molecule has 2 rings (SSSR count). The maximum absolute atomic E-state index is 11.2. The van der Waals surface area contributed by atoms with Crippen LogP contribution in [0.3, 0.4) is 0 Å². The lowest BCUT2D eigenvalue weighted by molar-refractivity contribution is -0.684. The minimum Gasteiger partial charge on any atom is -0.293 e. The average Bonchev–Trinajstić information content (AvgIpc) is 2.54. The van der Waals surface area contributed by atoms with Gasteiger partial charge in [0.2, 0.25) is 13.1 Å². The van der Waals surface area contributed by atoms with Gasteiger partial charge in [-0.1, -0.05) is 6.92 Å². The fraction of sp³-hybridized carbons (Fsp3) is 0.400. The van der Waals surface area contributed by atoms with Gasteiger partial charge >= 0.3 is 0 Å². The summed E-state index contributed by atoms with van der Waals surface area (Å²) in [6.07, 6.45) is 9.91. The van der Waals surface area contributed by atoms with E-state index >= 15 is 0 Å². The molecule has 2 aromatic heterocycles. The van der Waals surface area contributed by atoms with Crippen LogP contribution in [0.5, 0.6) is 0 Å². The lowest BCUT2D eigenvalue weighted by atomic mass is 9.91. The molecule has 0 N–H and O–H groups in total. The summed E-state index contributed by atoms with van der Waals surface area (Å²) in [4.78, 5) is 22.3. The van der Waals surface area contributed by atoms with E-state index < -0.39 is 0 Å². The van der Waals surface area contributed by atoms with Crippen molar-refractivity contribution in [2.45, 2.75) is 52.6 Å². The molecular formula is C20H26N2O2+2. The van der Waals surface area contributed by atoms with Gasteiger partial charge in [-0.05, 0) is 29.9 Å². The minimum atomic E-state index is 0.155. The van der Waals surface area contributed by atoms with Gasteiger partial charge in [0.25, 0.3) is 0 Å². The van der Waals surface area contributed by atoms with Crippen molar-refractivity contribution in [3.8, 4) is 0 Å². The second-order valence-corrected chi connectivity index (χ2v) is 6.40. The van der Waals surface area contributed by atoms with E-state index in [-0.39, 0.29) is 11.6 Å². The summed E-state index contributed by atoms with van der Waals surface area (Å²) in [5.74, 6) is 0.755. The van der Waals surface area contributed by atoms with E-state index in [9.17, 15) is 9.59 Å². The van der Waals surface area contributed by atoms with Crippen molar-refractivity contribution >= 4 is 11.6 Å². The number of hydrogen-bond donors (Lipinski definition) is 0. The summed E-state index contributed by atoms with van der Waals surface area (Å²) in [5.41, 5.74) is 2.56. The summed E-state index contributed by atoms with van der Waals surface area (Å²) >= 11 is 0. The Morgan fingerprint density at radius 2 is 1.33 bits per heavy atom. The molecular weight excluding hydrogens is 300 g/mol. The maximum Gasteiger partial charge on any atom is 0.206 e. The van der Waals surface area contributed by atoms with Gasteiger partial charge < -0.3 is 0 Å². The number of aromatic nitrogens is 2. The van der Waals surface area contributed by atoms with Crippen LogP contribution in [-0.2, 0) is 29.1 Å². The number of Topliss-reactive ketones (excluding diaryl/α,β-unsaturated/α-hetero) is 2.